The van der Waals surface area contributed by atoms with Gasteiger partial charge in [0.15, 0.2) is 11.4 Å². The van der Waals surface area contributed by atoms with Crippen LogP contribution in [0.2, 0.25) is 0 Å². The van der Waals surface area contributed by atoms with E-state index in [1.54, 1.807) is 6.07 Å². The van der Waals surface area contributed by atoms with Gasteiger partial charge in [0.05, 0.1) is 6.20 Å². The second-order valence-electron chi connectivity index (χ2n) is 6.14. The number of aromatic nitrogens is 1. The predicted octanol–water partition coefficient (Wildman–Crippen LogP) is 3.05. The number of aliphatic carboxylic acids is 1. The average Bonchev–Trinajstić information content (AvgIpc) is 2.76. The predicted molar refractivity (Wildman–Crippen MR) is 106 cm³/mol. The summed E-state index contributed by atoms with van der Waals surface area (Å²) in [5, 5.41) is 11.1. The highest BCUT2D eigenvalue weighted by Gasteiger charge is 2.17. The molecule has 1 heterocycles. The first kappa shape index (κ1) is 19.9. The highest BCUT2D eigenvalue weighted by atomic mass is 16.5. The molecule has 0 spiro atoms. The lowest BCUT2D eigenvalue weighted by Gasteiger charge is -2.13. The topological polar surface area (TPSA) is 97.8 Å². The third-order valence-electron chi connectivity index (χ3n) is 3.93. The summed E-state index contributed by atoms with van der Waals surface area (Å²) in [5.41, 5.74) is 1.90. The van der Waals surface area contributed by atoms with Crippen molar-refractivity contribution in [1.82, 2.24) is 10.3 Å². The molecule has 7 nitrogen and oxygen atoms in total. The van der Waals surface area contributed by atoms with Gasteiger partial charge < -0.3 is 19.9 Å². The van der Waals surface area contributed by atoms with Crippen LogP contribution in [0.25, 0.3) is 0 Å². The van der Waals surface area contributed by atoms with Gasteiger partial charge in [0, 0.05) is 6.07 Å². The first-order chi connectivity index (χ1) is 14.1. The van der Waals surface area contributed by atoms with Crippen LogP contribution in [-0.4, -0.2) is 28.5 Å². The van der Waals surface area contributed by atoms with Gasteiger partial charge in [-0.2, -0.15) is 0 Å². The third kappa shape index (κ3) is 6.07. The number of benzene rings is 2. The number of pyridine rings is 1. The second-order valence-corrected chi connectivity index (χ2v) is 6.14. The number of carbonyl (C=O) groups is 2. The van der Waals surface area contributed by atoms with Crippen LogP contribution >= 0.6 is 0 Å². The zero-order valence-corrected chi connectivity index (χ0v) is 15.6. The van der Waals surface area contributed by atoms with Gasteiger partial charge in [-0.25, -0.2) is 4.98 Å². The highest BCUT2D eigenvalue weighted by Crippen LogP contribution is 2.24. The van der Waals surface area contributed by atoms with E-state index in [1.807, 2.05) is 60.7 Å². The van der Waals surface area contributed by atoms with Gasteiger partial charge >= 0.3 is 5.97 Å². The van der Waals surface area contributed by atoms with Crippen molar-refractivity contribution in [3.8, 4) is 11.5 Å². The smallest absolute Gasteiger partial charge is 0.322 e. The van der Waals surface area contributed by atoms with Gasteiger partial charge in [-0.15, -0.1) is 0 Å². The van der Waals surface area contributed by atoms with Crippen molar-refractivity contribution in [2.45, 2.75) is 13.2 Å². The molecule has 7 heteroatoms. The summed E-state index contributed by atoms with van der Waals surface area (Å²) >= 11 is 0. The number of ether oxygens (including phenoxy) is 2. The molecule has 2 N–H and O–H groups in total. The standard InChI is InChI=1S/C22H20N2O5/c25-20(26)13-24-22(27)21-19(29-15-17-9-5-2-6-10-17)11-18(12-23-21)28-14-16-7-3-1-4-8-16/h1-12H,13-15H2,(H,24,27)(H,25,26). The number of amides is 1. The number of carbonyl (C=O) groups excluding carboxylic acids is 1. The largest absolute Gasteiger partial charge is 0.487 e. The Morgan fingerprint density at radius 1 is 0.897 bits per heavy atom. The van der Waals surface area contributed by atoms with Gasteiger partial charge in [0.25, 0.3) is 5.91 Å². The molecule has 0 atom stereocenters. The number of rotatable bonds is 9. The van der Waals surface area contributed by atoms with Crippen molar-refractivity contribution < 1.29 is 24.2 Å². The van der Waals surface area contributed by atoms with Crippen molar-refractivity contribution >= 4 is 11.9 Å². The lowest BCUT2D eigenvalue weighted by molar-refractivity contribution is -0.135. The number of hydrogen-bond donors (Lipinski definition) is 2. The molecular formula is C22H20N2O5. The second kappa shape index (κ2) is 9.89. The van der Waals surface area contributed by atoms with Crippen LogP contribution in [0.15, 0.2) is 72.9 Å². The SMILES string of the molecule is O=C(O)CNC(=O)c1ncc(OCc2ccccc2)cc1OCc1ccccc1. The number of nitrogens with zero attached hydrogens (tertiary/aromatic N) is 1. The lowest BCUT2D eigenvalue weighted by Crippen LogP contribution is -2.30. The lowest BCUT2D eigenvalue weighted by atomic mass is 10.2. The normalized spacial score (nSPS) is 10.2. The monoisotopic (exact) mass is 392 g/mol. The van der Waals surface area contributed by atoms with E-state index in [0.717, 1.165) is 11.1 Å². The molecule has 148 valence electrons. The minimum Gasteiger partial charge on any atom is -0.487 e. The highest BCUT2D eigenvalue weighted by molar-refractivity contribution is 5.96. The van der Waals surface area contributed by atoms with Gasteiger partial charge in [0.1, 0.15) is 25.5 Å². The Kier molecular flexibility index (Phi) is 6.78. The summed E-state index contributed by atoms with van der Waals surface area (Å²) in [6.45, 7) is 0.0555. The van der Waals surface area contributed by atoms with Gasteiger partial charge in [0.2, 0.25) is 0 Å². The molecule has 0 aliphatic rings. The van der Waals surface area contributed by atoms with Crippen molar-refractivity contribution in [2.75, 3.05) is 6.54 Å². The van der Waals surface area contributed by atoms with Crippen molar-refractivity contribution in [3.05, 3.63) is 89.7 Å². The molecule has 3 aromatic rings. The van der Waals surface area contributed by atoms with Crippen LogP contribution in [0.1, 0.15) is 21.6 Å². The minimum absolute atomic E-state index is 0.00533. The van der Waals surface area contributed by atoms with E-state index in [0.29, 0.717) is 12.4 Å². The Bertz CT molecular complexity index is 961. The quantitative estimate of drug-likeness (QED) is 0.581. The molecule has 0 radical (unpaired) electrons. The summed E-state index contributed by atoms with van der Waals surface area (Å²) in [7, 11) is 0. The van der Waals surface area contributed by atoms with E-state index in [4.69, 9.17) is 14.6 Å². The maximum absolute atomic E-state index is 12.3. The molecule has 0 aliphatic heterocycles. The first-order valence-electron chi connectivity index (χ1n) is 8.95. The number of nitrogens with one attached hydrogen (secondary N) is 1. The van der Waals surface area contributed by atoms with Crippen molar-refractivity contribution in [1.29, 1.82) is 0 Å². The minimum atomic E-state index is -1.15. The van der Waals surface area contributed by atoms with E-state index in [-0.39, 0.29) is 18.1 Å². The molecule has 29 heavy (non-hydrogen) atoms. The number of hydrogen-bond acceptors (Lipinski definition) is 5. The summed E-state index contributed by atoms with van der Waals surface area (Å²) in [4.78, 5) is 27.2. The fraction of sp³-hybridized carbons (Fsp3) is 0.136. The maximum Gasteiger partial charge on any atom is 0.322 e. The molecule has 2 aromatic carbocycles. The summed E-state index contributed by atoms with van der Waals surface area (Å²) < 4.78 is 11.5. The molecule has 1 amide bonds. The van der Waals surface area contributed by atoms with E-state index in [1.165, 1.54) is 6.20 Å². The van der Waals surface area contributed by atoms with Crippen molar-refractivity contribution in [2.24, 2.45) is 0 Å². The Morgan fingerprint density at radius 2 is 1.48 bits per heavy atom. The zero-order chi connectivity index (χ0) is 20.5. The fourth-order valence-electron chi connectivity index (χ4n) is 2.50. The molecule has 3 rings (SSSR count). The number of carboxylic acid groups (broad SMARTS) is 1. The molecule has 0 fully saturated rings. The molecular weight excluding hydrogens is 372 g/mol. The third-order valence-corrected chi connectivity index (χ3v) is 3.93. The van der Waals surface area contributed by atoms with E-state index in [2.05, 4.69) is 10.3 Å². The first-order valence-corrected chi connectivity index (χ1v) is 8.95. The summed E-state index contributed by atoms with van der Waals surface area (Å²) in [6, 6.07) is 20.7. The molecule has 0 saturated heterocycles. The van der Waals surface area contributed by atoms with Crippen LogP contribution in [-0.2, 0) is 18.0 Å². The molecule has 0 bridgehead atoms. The molecule has 0 unspecified atom stereocenters. The van der Waals surface area contributed by atoms with E-state index < -0.39 is 18.4 Å². The van der Waals surface area contributed by atoms with Crippen LogP contribution in [0, 0.1) is 0 Å². The van der Waals surface area contributed by atoms with Crippen molar-refractivity contribution in [3.63, 3.8) is 0 Å². The van der Waals surface area contributed by atoms with Gasteiger partial charge in [-0.3, -0.25) is 9.59 Å². The maximum atomic E-state index is 12.3. The number of carboxylic acids is 1. The van der Waals surface area contributed by atoms with Crippen LogP contribution in [0.3, 0.4) is 0 Å². The summed E-state index contributed by atoms with van der Waals surface area (Å²) in [6.07, 6.45) is 1.41. The van der Waals surface area contributed by atoms with Gasteiger partial charge in [-0.1, -0.05) is 60.7 Å². The molecule has 0 aliphatic carbocycles. The van der Waals surface area contributed by atoms with Crippen LogP contribution < -0.4 is 14.8 Å². The Labute approximate surface area is 167 Å². The fourth-order valence-corrected chi connectivity index (χ4v) is 2.50. The molecule has 0 saturated carbocycles. The van der Waals surface area contributed by atoms with Crippen LogP contribution in [0.5, 0.6) is 11.5 Å². The zero-order valence-electron chi connectivity index (χ0n) is 15.6. The Hall–Kier alpha value is -3.87. The Morgan fingerprint density at radius 3 is 2.07 bits per heavy atom. The van der Waals surface area contributed by atoms with Gasteiger partial charge in [-0.05, 0) is 11.1 Å². The van der Waals surface area contributed by atoms with E-state index in [9.17, 15) is 9.59 Å². The summed E-state index contributed by atoms with van der Waals surface area (Å²) in [5.74, 6) is -1.13. The average molecular weight is 392 g/mol. The van der Waals surface area contributed by atoms with E-state index >= 15 is 0 Å². The molecule has 1 aromatic heterocycles. The van der Waals surface area contributed by atoms with Crippen LogP contribution in [0.4, 0.5) is 0 Å². The Balaban J connectivity index is 1.76.